The summed E-state index contributed by atoms with van der Waals surface area (Å²) in [5, 5.41) is 6.78. The highest BCUT2D eigenvalue weighted by molar-refractivity contribution is 8.04. The molecule has 142 valence electrons. The second kappa shape index (κ2) is 6.76. The van der Waals surface area contributed by atoms with Crippen molar-refractivity contribution >= 4 is 29.1 Å². The molecule has 0 saturated carbocycles. The zero-order valence-electron chi connectivity index (χ0n) is 15.3. The van der Waals surface area contributed by atoms with Gasteiger partial charge in [-0.25, -0.2) is 0 Å². The fraction of sp³-hybridized carbons (Fsp3) is 0.524. The molecule has 0 radical (unpaired) electrons. The largest absolute Gasteiger partial charge is 0.484 e. The summed E-state index contributed by atoms with van der Waals surface area (Å²) in [6.45, 7) is 3.90. The van der Waals surface area contributed by atoms with E-state index in [1.165, 1.54) is 17.3 Å². The molecular weight excluding hydrogens is 360 g/mol. The number of thioether (sulfide) groups is 1. The Balaban J connectivity index is 1.57. The Hall–Kier alpha value is -1.63. The maximum Gasteiger partial charge on any atom is 0.243 e. The second-order valence-corrected chi connectivity index (χ2v) is 8.96. The van der Waals surface area contributed by atoms with Crippen LogP contribution in [-0.2, 0) is 9.53 Å². The molecule has 0 unspecified atom stereocenters. The fourth-order valence-corrected chi connectivity index (χ4v) is 5.88. The summed E-state index contributed by atoms with van der Waals surface area (Å²) >= 11 is 1.52. The van der Waals surface area contributed by atoms with E-state index in [2.05, 4.69) is 16.7 Å². The smallest absolute Gasteiger partial charge is 0.243 e. The first-order valence-electron chi connectivity index (χ1n) is 9.88. The van der Waals surface area contributed by atoms with Crippen LogP contribution >= 0.6 is 11.8 Å². The number of ketones is 2. The molecule has 5 nitrogen and oxygen atoms in total. The second-order valence-electron chi connectivity index (χ2n) is 7.97. The van der Waals surface area contributed by atoms with Crippen molar-refractivity contribution in [1.29, 1.82) is 0 Å². The molecule has 2 saturated heterocycles. The Bertz CT molecular complexity index is 836. The zero-order valence-corrected chi connectivity index (χ0v) is 16.1. The highest BCUT2D eigenvalue weighted by atomic mass is 32.2. The van der Waals surface area contributed by atoms with Gasteiger partial charge < -0.3 is 15.4 Å². The molecule has 0 atom stereocenters. The summed E-state index contributed by atoms with van der Waals surface area (Å²) in [7, 11) is 0. The third kappa shape index (κ3) is 2.94. The summed E-state index contributed by atoms with van der Waals surface area (Å²) in [5.74, 6) is 1.11. The van der Waals surface area contributed by atoms with Crippen molar-refractivity contribution in [2.45, 2.75) is 37.2 Å². The Morgan fingerprint density at radius 3 is 2.48 bits per heavy atom. The average molecular weight is 385 g/mol. The van der Waals surface area contributed by atoms with Crippen molar-refractivity contribution in [3.05, 3.63) is 39.8 Å². The van der Waals surface area contributed by atoms with Gasteiger partial charge in [0.05, 0.1) is 0 Å². The molecule has 3 aliphatic heterocycles. The lowest BCUT2D eigenvalue weighted by atomic mass is 9.85. The number of piperidine rings is 2. The van der Waals surface area contributed by atoms with E-state index in [0.29, 0.717) is 22.1 Å². The van der Waals surface area contributed by atoms with Gasteiger partial charge in [0.2, 0.25) is 11.6 Å². The third-order valence-corrected chi connectivity index (χ3v) is 7.60. The van der Waals surface area contributed by atoms with Gasteiger partial charge >= 0.3 is 0 Å². The molecule has 6 heteroatoms. The van der Waals surface area contributed by atoms with Gasteiger partial charge in [-0.3, -0.25) is 9.59 Å². The number of carbonyl (C=O) groups excluding carboxylic acids is 2. The number of nitrogens with one attached hydrogen (secondary N) is 2. The predicted octanol–water partition coefficient (Wildman–Crippen LogP) is 2.47. The van der Waals surface area contributed by atoms with Crippen LogP contribution in [0.2, 0.25) is 0 Å². The Labute approximate surface area is 163 Å². The van der Waals surface area contributed by atoms with Crippen LogP contribution in [0.4, 0.5) is 0 Å². The number of ether oxygens (including phenoxy) is 1. The van der Waals surface area contributed by atoms with Gasteiger partial charge in [0, 0.05) is 29.7 Å². The van der Waals surface area contributed by atoms with Crippen molar-refractivity contribution < 1.29 is 14.3 Å². The third-order valence-electron chi connectivity index (χ3n) is 6.28. The average Bonchev–Trinajstić information content (AvgIpc) is 2.73. The quantitative estimate of drug-likeness (QED) is 0.725. The van der Waals surface area contributed by atoms with Crippen molar-refractivity contribution in [3.8, 4) is 0 Å². The van der Waals surface area contributed by atoms with Gasteiger partial charge in [0.15, 0.2) is 0 Å². The van der Waals surface area contributed by atoms with E-state index in [0.717, 1.165) is 63.2 Å². The minimum Gasteiger partial charge on any atom is -0.484 e. The molecule has 1 aromatic carbocycles. The minimum atomic E-state index is -0.402. The topological polar surface area (TPSA) is 67.4 Å². The molecule has 0 amide bonds. The van der Waals surface area contributed by atoms with E-state index in [4.69, 9.17) is 4.74 Å². The molecular formula is C21H24N2O3S. The fourth-order valence-electron chi connectivity index (χ4n) is 4.62. The lowest BCUT2D eigenvalue weighted by Gasteiger charge is -2.43. The van der Waals surface area contributed by atoms with Crippen LogP contribution in [0.25, 0.3) is 5.76 Å². The Morgan fingerprint density at radius 1 is 0.963 bits per heavy atom. The van der Waals surface area contributed by atoms with E-state index in [1.54, 1.807) is 0 Å². The number of rotatable bonds is 1. The molecule has 4 aliphatic rings. The first kappa shape index (κ1) is 17.5. The van der Waals surface area contributed by atoms with E-state index in [-0.39, 0.29) is 5.60 Å². The highest BCUT2D eigenvalue weighted by Crippen LogP contribution is 2.47. The maximum atomic E-state index is 12.7. The van der Waals surface area contributed by atoms with Crippen molar-refractivity contribution in [3.63, 3.8) is 0 Å². The van der Waals surface area contributed by atoms with E-state index in [1.807, 2.05) is 12.1 Å². The van der Waals surface area contributed by atoms with E-state index in [9.17, 15) is 9.59 Å². The number of benzene rings is 1. The van der Waals surface area contributed by atoms with E-state index >= 15 is 0 Å². The molecule has 2 N–H and O–H groups in total. The molecule has 2 fully saturated rings. The van der Waals surface area contributed by atoms with Gasteiger partial charge in [-0.1, -0.05) is 6.07 Å². The number of Topliss-reactive ketones (excluding diaryl/α,β-unsaturated/α-hetero) is 2. The molecule has 5 rings (SSSR count). The summed E-state index contributed by atoms with van der Waals surface area (Å²) in [6, 6.07) is 5.99. The first-order valence-corrected chi connectivity index (χ1v) is 10.9. The first-order chi connectivity index (χ1) is 13.2. The number of hydrogen-bond donors (Lipinski definition) is 2. The Kier molecular flexibility index (Phi) is 4.37. The molecule has 1 aromatic rings. The molecule has 0 aromatic heterocycles. The molecule has 3 heterocycles. The summed E-state index contributed by atoms with van der Waals surface area (Å²) in [6.07, 6.45) is 4.07. The number of fused-ring (bicyclic) bond motifs is 2. The summed E-state index contributed by atoms with van der Waals surface area (Å²) in [4.78, 5) is 25.8. The van der Waals surface area contributed by atoms with Crippen LogP contribution in [0, 0.1) is 0 Å². The monoisotopic (exact) mass is 384 g/mol. The lowest BCUT2D eigenvalue weighted by Crippen LogP contribution is -2.48. The SMILES string of the molecule is O=C1C(=O)c2ccc(C3CCNCC3)cc2C2=C1SCC1(CCNCC1)O2. The molecule has 0 bridgehead atoms. The van der Waals surface area contributed by atoms with Crippen molar-refractivity contribution in [1.82, 2.24) is 10.6 Å². The van der Waals surface area contributed by atoms with Gasteiger partial charge in [0.1, 0.15) is 16.3 Å². The minimum absolute atomic E-state index is 0.225. The van der Waals surface area contributed by atoms with Crippen molar-refractivity contribution in [2.75, 3.05) is 31.9 Å². The lowest BCUT2D eigenvalue weighted by molar-refractivity contribution is -0.111. The van der Waals surface area contributed by atoms with Crippen LogP contribution < -0.4 is 10.6 Å². The van der Waals surface area contributed by atoms with Gasteiger partial charge in [0.25, 0.3) is 0 Å². The van der Waals surface area contributed by atoms with Gasteiger partial charge in [-0.2, -0.15) is 0 Å². The number of allylic oxidation sites excluding steroid dienone is 1. The molecule has 1 spiro atoms. The molecule has 27 heavy (non-hydrogen) atoms. The summed E-state index contributed by atoms with van der Waals surface area (Å²) < 4.78 is 6.54. The number of hydrogen-bond acceptors (Lipinski definition) is 6. The maximum absolute atomic E-state index is 12.7. The predicted molar refractivity (Wildman–Crippen MR) is 106 cm³/mol. The molecule has 1 aliphatic carbocycles. The van der Waals surface area contributed by atoms with Gasteiger partial charge in [-0.05, 0) is 62.6 Å². The number of carbonyl (C=O) groups is 2. The highest BCUT2D eigenvalue weighted by Gasteiger charge is 2.45. The normalized spacial score (nSPS) is 25.2. The van der Waals surface area contributed by atoms with Crippen LogP contribution in [0.5, 0.6) is 0 Å². The Morgan fingerprint density at radius 2 is 1.70 bits per heavy atom. The van der Waals surface area contributed by atoms with Gasteiger partial charge in [-0.15, -0.1) is 11.8 Å². The van der Waals surface area contributed by atoms with E-state index < -0.39 is 11.6 Å². The van der Waals surface area contributed by atoms with Crippen LogP contribution in [0.1, 0.15) is 53.1 Å². The zero-order chi connectivity index (χ0) is 18.4. The van der Waals surface area contributed by atoms with Crippen LogP contribution in [0.15, 0.2) is 23.1 Å². The van der Waals surface area contributed by atoms with Crippen LogP contribution in [-0.4, -0.2) is 49.1 Å². The standard InChI is InChI=1S/C21H24N2O3S/c24-17-15-2-1-14(13-3-7-22-8-4-13)11-16(15)19-20(18(17)25)27-12-21(26-19)5-9-23-10-6-21/h1-2,11,13,22-23H,3-10,12H2. The van der Waals surface area contributed by atoms with Crippen LogP contribution in [0.3, 0.4) is 0 Å². The summed E-state index contributed by atoms with van der Waals surface area (Å²) in [5.41, 5.74) is 2.36. The van der Waals surface area contributed by atoms with Crippen molar-refractivity contribution in [2.24, 2.45) is 0 Å².